The van der Waals surface area contributed by atoms with Gasteiger partial charge in [0.05, 0.1) is 0 Å². The van der Waals surface area contributed by atoms with Crippen molar-refractivity contribution in [3.63, 3.8) is 0 Å². The summed E-state index contributed by atoms with van der Waals surface area (Å²) in [6, 6.07) is 16.1. The van der Waals surface area contributed by atoms with Crippen molar-refractivity contribution in [1.82, 2.24) is 5.32 Å². The van der Waals surface area contributed by atoms with Crippen LogP contribution in [0.5, 0.6) is 0 Å². The number of para-hydroxylation sites is 2. The van der Waals surface area contributed by atoms with E-state index in [1.54, 1.807) is 11.8 Å². The fourth-order valence-corrected chi connectivity index (χ4v) is 4.19. The average Bonchev–Trinajstić information content (AvgIpc) is 3.21. The van der Waals surface area contributed by atoms with Gasteiger partial charge in [0.1, 0.15) is 11.6 Å². The van der Waals surface area contributed by atoms with Crippen LogP contribution < -0.4 is 15.5 Å². The Morgan fingerprint density at radius 2 is 1.57 bits per heavy atom. The van der Waals surface area contributed by atoms with Gasteiger partial charge in [0.15, 0.2) is 0 Å². The normalized spacial score (nSPS) is 15.8. The molecule has 3 amide bonds. The van der Waals surface area contributed by atoms with Crippen molar-refractivity contribution in [2.75, 3.05) is 10.2 Å². The number of benzene rings is 2. The van der Waals surface area contributed by atoms with Crippen LogP contribution in [0, 0.1) is 6.92 Å². The van der Waals surface area contributed by atoms with E-state index in [0.29, 0.717) is 18.5 Å². The summed E-state index contributed by atoms with van der Waals surface area (Å²) in [4.78, 5) is 40.4. The lowest BCUT2D eigenvalue weighted by Crippen LogP contribution is -2.61. The molecule has 0 aliphatic heterocycles. The number of rotatable bonds is 6. The molecule has 1 fully saturated rings. The summed E-state index contributed by atoms with van der Waals surface area (Å²) >= 11 is 0. The zero-order valence-electron chi connectivity index (χ0n) is 17.8. The molecule has 0 spiro atoms. The Hall–Kier alpha value is -3.15. The lowest BCUT2D eigenvalue weighted by Gasteiger charge is -2.41. The summed E-state index contributed by atoms with van der Waals surface area (Å²) in [6.45, 7) is 4.98. The summed E-state index contributed by atoms with van der Waals surface area (Å²) in [6.07, 6.45) is 2.84. The second-order valence-electron chi connectivity index (χ2n) is 7.94. The third-order valence-corrected chi connectivity index (χ3v) is 5.70. The molecule has 0 saturated heterocycles. The molecule has 0 bridgehead atoms. The van der Waals surface area contributed by atoms with Gasteiger partial charge in [0, 0.05) is 18.3 Å². The van der Waals surface area contributed by atoms with Gasteiger partial charge in [-0.1, -0.05) is 49.2 Å². The molecule has 158 valence electrons. The number of anilines is 2. The highest BCUT2D eigenvalue weighted by atomic mass is 16.2. The van der Waals surface area contributed by atoms with E-state index in [-0.39, 0.29) is 17.7 Å². The molecule has 0 aromatic heterocycles. The second kappa shape index (κ2) is 9.11. The molecule has 6 heteroatoms. The number of carbonyl (C=O) groups excluding carboxylic acids is 3. The standard InChI is InChI=1S/C24H29N3O3/c1-17-11-7-8-14-21(17)26-23(30)24(15-9-10-16-24)27(20-12-5-4-6-13-20)22(29)18(2)25-19(3)28/h4-8,11-14,18H,9-10,15-16H2,1-3H3,(H,25,28)(H,26,30). The van der Waals surface area contributed by atoms with Crippen LogP contribution in [0.15, 0.2) is 54.6 Å². The topological polar surface area (TPSA) is 78.5 Å². The molecule has 1 unspecified atom stereocenters. The van der Waals surface area contributed by atoms with E-state index in [2.05, 4.69) is 10.6 Å². The predicted molar refractivity (Wildman–Crippen MR) is 118 cm³/mol. The third-order valence-electron chi connectivity index (χ3n) is 5.70. The zero-order chi connectivity index (χ0) is 21.7. The van der Waals surface area contributed by atoms with E-state index in [9.17, 15) is 14.4 Å². The lowest BCUT2D eigenvalue weighted by atomic mass is 9.91. The van der Waals surface area contributed by atoms with Gasteiger partial charge < -0.3 is 10.6 Å². The minimum absolute atomic E-state index is 0.193. The van der Waals surface area contributed by atoms with Gasteiger partial charge in [-0.2, -0.15) is 0 Å². The Balaban J connectivity index is 2.03. The molecule has 6 nitrogen and oxygen atoms in total. The van der Waals surface area contributed by atoms with Crippen LogP contribution >= 0.6 is 0 Å². The third kappa shape index (κ3) is 4.37. The van der Waals surface area contributed by atoms with Gasteiger partial charge in [0.25, 0.3) is 5.91 Å². The molecule has 30 heavy (non-hydrogen) atoms. The highest BCUT2D eigenvalue weighted by Gasteiger charge is 2.50. The van der Waals surface area contributed by atoms with Gasteiger partial charge in [-0.15, -0.1) is 0 Å². The maximum absolute atomic E-state index is 13.7. The number of amides is 3. The van der Waals surface area contributed by atoms with Crippen LogP contribution in [0.4, 0.5) is 11.4 Å². The van der Waals surface area contributed by atoms with E-state index in [1.165, 1.54) is 6.92 Å². The minimum atomic E-state index is -1.01. The largest absolute Gasteiger partial charge is 0.345 e. The Labute approximate surface area is 177 Å². The number of nitrogens with zero attached hydrogens (tertiary/aromatic N) is 1. The van der Waals surface area contributed by atoms with Crippen molar-refractivity contribution < 1.29 is 14.4 Å². The Morgan fingerprint density at radius 3 is 2.17 bits per heavy atom. The fraction of sp³-hybridized carbons (Fsp3) is 0.375. The van der Waals surface area contributed by atoms with Gasteiger partial charge in [0.2, 0.25) is 11.8 Å². The molecule has 1 aliphatic rings. The van der Waals surface area contributed by atoms with Crippen molar-refractivity contribution in [3.8, 4) is 0 Å². The van der Waals surface area contributed by atoms with Crippen molar-refractivity contribution >= 4 is 29.1 Å². The molecular formula is C24H29N3O3. The molecule has 3 rings (SSSR count). The van der Waals surface area contributed by atoms with Crippen molar-refractivity contribution in [2.24, 2.45) is 0 Å². The first-order chi connectivity index (χ1) is 14.3. The summed E-state index contributed by atoms with van der Waals surface area (Å²) in [5.41, 5.74) is 1.35. The van der Waals surface area contributed by atoms with Crippen molar-refractivity contribution in [2.45, 2.75) is 58.0 Å². The number of aryl methyl sites for hydroxylation is 1. The molecular weight excluding hydrogens is 378 g/mol. The smallest absolute Gasteiger partial charge is 0.250 e. The monoisotopic (exact) mass is 407 g/mol. The summed E-state index contributed by atoms with van der Waals surface area (Å²) in [5, 5.41) is 5.73. The quantitative estimate of drug-likeness (QED) is 0.764. The predicted octanol–water partition coefficient (Wildman–Crippen LogP) is 3.80. The minimum Gasteiger partial charge on any atom is -0.345 e. The van der Waals surface area contributed by atoms with E-state index in [4.69, 9.17) is 0 Å². The molecule has 1 atom stereocenters. The molecule has 0 radical (unpaired) electrons. The lowest BCUT2D eigenvalue weighted by molar-refractivity contribution is -0.129. The van der Waals surface area contributed by atoms with Crippen LogP contribution in [0.1, 0.15) is 45.1 Å². The van der Waals surface area contributed by atoms with Crippen LogP contribution in [0.3, 0.4) is 0 Å². The summed E-state index contributed by atoms with van der Waals surface area (Å²) in [5.74, 6) is -0.770. The van der Waals surface area contributed by atoms with E-state index in [1.807, 2.05) is 61.5 Å². The zero-order valence-corrected chi connectivity index (χ0v) is 17.8. The molecule has 2 aromatic rings. The van der Waals surface area contributed by atoms with Crippen molar-refractivity contribution in [3.05, 3.63) is 60.2 Å². The average molecular weight is 408 g/mol. The first kappa shape index (κ1) is 21.6. The highest BCUT2D eigenvalue weighted by Crippen LogP contribution is 2.40. The summed E-state index contributed by atoms with van der Waals surface area (Å²) < 4.78 is 0. The van der Waals surface area contributed by atoms with Gasteiger partial charge >= 0.3 is 0 Å². The first-order valence-corrected chi connectivity index (χ1v) is 10.4. The molecule has 2 N–H and O–H groups in total. The Morgan fingerprint density at radius 1 is 0.967 bits per heavy atom. The van der Waals surface area contributed by atoms with Crippen LogP contribution in [-0.4, -0.2) is 29.3 Å². The van der Waals surface area contributed by atoms with Gasteiger partial charge in [-0.3, -0.25) is 19.3 Å². The Bertz CT molecular complexity index is 920. The van der Waals surface area contributed by atoms with Gasteiger partial charge in [-0.25, -0.2) is 0 Å². The maximum Gasteiger partial charge on any atom is 0.250 e. The molecule has 1 aliphatic carbocycles. The SMILES string of the molecule is CC(=O)NC(C)C(=O)N(c1ccccc1)C1(C(=O)Nc2ccccc2C)CCCC1. The number of hydrogen-bond acceptors (Lipinski definition) is 3. The number of carbonyl (C=O) groups is 3. The van der Waals surface area contributed by atoms with Crippen molar-refractivity contribution in [1.29, 1.82) is 0 Å². The van der Waals surface area contributed by atoms with E-state index < -0.39 is 11.6 Å². The Kier molecular flexibility index (Phi) is 6.55. The maximum atomic E-state index is 13.7. The number of hydrogen-bond donors (Lipinski definition) is 2. The molecule has 2 aromatic carbocycles. The van der Waals surface area contributed by atoms with Crippen LogP contribution in [0.2, 0.25) is 0 Å². The fourth-order valence-electron chi connectivity index (χ4n) is 4.19. The highest BCUT2D eigenvalue weighted by molar-refractivity contribution is 6.10. The van der Waals surface area contributed by atoms with E-state index >= 15 is 0 Å². The molecule has 0 heterocycles. The van der Waals surface area contributed by atoms with Crippen LogP contribution in [0.25, 0.3) is 0 Å². The second-order valence-corrected chi connectivity index (χ2v) is 7.94. The first-order valence-electron chi connectivity index (χ1n) is 10.4. The molecule has 1 saturated carbocycles. The number of nitrogens with one attached hydrogen (secondary N) is 2. The summed E-state index contributed by atoms with van der Waals surface area (Å²) in [7, 11) is 0. The van der Waals surface area contributed by atoms with Crippen LogP contribution in [-0.2, 0) is 14.4 Å². The van der Waals surface area contributed by atoms with E-state index in [0.717, 1.165) is 24.1 Å². The van der Waals surface area contributed by atoms with Gasteiger partial charge in [-0.05, 0) is 50.5 Å².